The maximum Gasteiger partial charge on any atom is 0.472 e. The van der Waals surface area contributed by atoms with Gasteiger partial charge >= 0.3 is 27.6 Å². The van der Waals surface area contributed by atoms with Crippen molar-refractivity contribution in [3.63, 3.8) is 0 Å². The summed E-state index contributed by atoms with van der Waals surface area (Å²) in [5, 5.41) is 71.8. The summed E-state index contributed by atoms with van der Waals surface area (Å²) in [6.45, 7) is 2.69. The van der Waals surface area contributed by atoms with Gasteiger partial charge in [-0.05, 0) is 51.4 Å². The lowest BCUT2D eigenvalue weighted by atomic mass is 9.85. The smallest absolute Gasteiger partial charge is 0.462 e. The molecule has 0 aromatic heterocycles. The van der Waals surface area contributed by atoms with Crippen LogP contribution in [0.2, 0.25) is 0 Å². The quantitative estimate of drug-likeness (QED) is 0.0111. The number of allylic oxidation sites excluding steroid dienone is 8. The van der Waals surface area contributed by atoms with Crippen LogP contribution in [0.15, 0.2) is 60.8 Å². The summed E-state index contributed by atoms with van der Waals surface area (Å²) in [6.07, 6.45) is 16.7. The van der Waals surface area contributed by atoms with Crippen molar-refractivity contribution >= 4 is 27.6 Å². The van der Waals surface area contributed by atoms with Crippen molar-refractivity contribution in [2.45, 2.75) is 210 Å². The molecule has 1 aliphatic carbocycles. The fourth-order valence-electron chi connectivity index (χ4n) is 6.99. The Morgan fingerprint density at radius 3 is 1.68 bits per heavy atom. The van der Waals surface area contributed by atoms with Crippen molar-refractivity contribution in [3.8, 4) is 0 Å². The lowest BCUT2D eigenvalue weighted by molar-refractivity contribution is -0.216. The first-order chi connectivity index (χ1) is 32.3. The van der Waals surface area contributed by atoms with Crippen LogP contribution in [-0.2, 0) is 41.8 Å². The first kappa shape index (κ1) is 63.6. The molecule has 0 aromatic rings. The highest BCUT2D eigenvalue weighted by molar-refractivity contribution is 7.47. The van der Waals surface area contributed by atoms with E-state index in [1.807, 2.05) is 0 Å². The van der Waals surface area contributed by atoms with Crippen molar-refractivity contribution in [3.05, 3.63) is 60.8 Å². The average molecular weight is 1010 g/mol. The minimum absolute atomic E-state index is 0.00274. The van der Waals surface area contributed by atoms with Crippen LogP contribution in [-0.4, -0.2) is 137 Å². The lowest BCUT2D eigenvalue weighted by Crippen LogP contribution is -2.64. The Balaban J connectivity index is 2.74. The molecule has 10 N–H and O–H groups in total. The molecule has 11 atom stereocenters. The number of hydrogen-bond donors (Lipinski definition) is 10. The summed E-state index contributed by atoms with van der Waals surface area (Å²) in [7, 11) is -10.8. The Hall–Kier alpha value is -2.42. The number of hydrogen-bond acceptors (Lipinski definition) is 16. The first-order valence-electron chi connectivity index (χ1n) is 24.2. The van der Waals surface area contributed by atoms with Crippen molar-refractivity contribution in [1.82, 2.24) is 0 Å². The van der Waals surface area contributed by atoms with Gasteiger partial charge in [-0.1, -0.05) is 145 Å². The van der Waals surface area contributed by atoms with Crippen LogP contribution in [0.1, 0.15) is 149 Å². The van der Waals surface area contributed by atoms with Gasteiger partial charge in [0.25, 0.3) is 0 Å². The predicted octanol–water partition coefficient (Wildman–Crippen LogP) is 5.97. The molecule has 19 nitrogen and oxygen atoms in total. The van der Waals surface area contributed by atoms with Gasteiger partial charge in [0.2, 0.25) is 0 Å². The van der Waals surface area contributed by atoms with E-state index in [2.05, 4.69) is 30.5 Å². The summed E-state index contributed by atoms with van der Waals surface area (Å²) in [6, 6.07) is 0. The topological polar surface area (TPSA) is 317 Å². The zero-order valence-electron chi connectivity index (χ0n) is 39.9. The van der Waals surface area contributed by atoms with Crippen molar-refractivity contribution in [2.75, 3.05) is 13.2 Å². The van der Waals surface area contributed by atoms with E-state index in [-0.39, 0.29) is 25.7 Å². The van der Waals surface area contributed by atoms with Gasteiger partial charge in [0.1, 0.15) is 43.2 Å². The molecule has 5 unspecified atom stereocenters. The maximum atomic E-state index is 13.0. The predicted molar refractivity (Wildman–Crippen MR) is 254 cm³/mol. The van der Waals surface area contributed by atoms with Crippen molar-refractivity contribution < 1.29 is 92.2 Å². The number of phosphoric acid groups is 2. The molecule has 1 aliphatic rings. The molecule has 21 heteroatoms. The van der Waals surface area contributed by atoms with Gasteiger partial charge in [-0.3, -0.25) is 23.2 Å². The highest BCUT2D eigenvalue weighted by atomic mass is 31.2. The number of unbranched alkanes of at least 4 members (excludes halogenated alkanes) is 13. The number of rotatable bonds is 39. The largest absolute Gasteiger partial charge is 0.472 e. The van der Waals surface area contributed by atoms with Gasteiger partial charge in [0.15, 0.2) is 6.10 Å². The lowest BCUT2D eigenvalue weighted by Gasteiger charge is -2.43. The summed E-state index contributed by atoms with van der Waals surface area (Å²) >= 11 is 0. The van der Waals surface area contributed by atoms with Crippen LogP contribution in [0, 0.1) is 0 Å². The number of esters is 2. The standard InChI is InChI=1S/C47H82O19P2/c1-3-5-7-8-9-10-11-12-13-14-15-16-17-22-26-32-41(52)64-37(35-63-68(60,61)66-47-44(55)42(53)43(54)46(45(47)56)65-67(57,58)59)34-62-40(51)33-27-31-39(50)38(49)30-25-21-19-18-20-24-29-36(48)28-23-6-4-2/h12-13,18-21,24-25,29-30,36-39,42-50,53-56H,3-11,14-17,22-23,26-28,31-35H2,1-2H3,(H,60,61)(H2,57,58,59)/b13-12-,20-18-,21-19+,29-24+,30-25+/t36-,37-,38-,39-,42?,43?,44?,45?,46-,47+/m1/s1. The third-order valence-electron chi connectivity index (χ3n) is 10.9. The van der Waals surface area contributed by atoms with Crippen LogP contribution in [0.25, 0.3) is 0 Å². The highest BCUT2D eigenvalue weighted by Crippen LogP contribution is 2.49. The Morgan fingerprint density at radius 2 is 1.07 bits per heavy atom. The fourth-order valence-corrected chi connectivity index (χ4v) is 8.53. The highest BCUT2D eigenvalue weighted by Gasteiger charge is 2.54. The van der Waals surface area contributed by atoms with Gasteiger partial charge in [-0.25, -0.2) is 9.13 Å². The minimum Gasteiger partial charge on any atom is -0.462 e. The Bertz CT molecular complexity index is 1600. The second-order valence-electron chi connectivity index (χ2n) is 17.0. The van der Waals surface area contributed by atoms with E-state index in [4.69, 9.17) is 18.5 Å². The molecule has 1 rings (SSSR count). The fraction of sp³-hybridized carbons (Fsp3) is 0.745. The van der Waals surface area contributed by atoms with Crippen molar-refractivity contribution in [1.29, 1.82) is 0 Å². The van der Waals surface area contributed by atoms with Gasteiger partial charge < -0.3 is 59.9 Å². The van der Waals surface area contributed by atoms with E-state index < -0.39 is 102 Å². The van der Waals surface area contributed by atoms with E-state index in [0.717, 1.165) is 57.8 Å². The summed E-state index contributed by atoms with van der Waals surface area (Å²) in [5.74, 6) is -1.55. The van der Waals surface area contributed by atoms with Crippen molar-refractivity contribution in [2.24, 2.45) is 0 Å². The molecule has 0 bridgehead atoms. The SMILES string of the molecule is CCCCCCCC/C=C\CCCCCCCC(=O)O[C@H](COC(=O)CCC[C@@H](O)[C@H](O)/C=C/C=C/C=C\C=C\[C@H](O)CCCCC)COP(=O)(O)O[C@H]1C(O)C(O)C(O)[C@@H](OP(=O)(O)O)C1O. The number of phosphoric ester groups is 2. The molecule has 0 amide bonds. The molecular formula is C47H82O19P2. The second-order valence-corrected chi connectivity index (χ2v) is 19.6. The van der Waals surface area contributed by atoms with Crippen LogP contribution < -0.4 is 0 Å². The Labute approximate surface area is 402 Å². The Morgan fingerprint density at radius 1 is 0.559 bits per heavy atom. The molecule has 1 saturated carbocycles. The summed E-state index contributed by atoms with van der Waals surface area (Å²) in [4.78, 5) is 54.3. The molecule has 68 heavy (non-hydrogen) atoms. The number of carbonyl (C=O) groups excluding carboxylic acids is 2. The maximum absolute atomic E-state index is 13.0. The first-order valence-corrected chi connectivity index (χ1v) is 27.2. The molecule has 0 aromatic carbocycles. The molecule has 0 aliphatic heterocycles. The Kier molecular flexibility index (Phi) is 35.0. The average Bonchev–Trinajstić information content (AvgIpc) is 3.28. The summed E-state index contributed by atoms with van der Waals surface area (Å²) < 4.78 is 49.1. The van der Waals surface area contributed by atoms with Crippen LogP contribution in [0.5, 0.6) is 0 Å². The molecular weight excluding hydrogens is 930 g/mol. The molecule has 394 valence electrons. The van der Waals surface area contributed by atoms with E-state index in [9.17, 15) is 69.1 Å². The number of carbonyl (C=O) groups is 2. The van der Waals surface area contributed by atoms with E-state index in [0.29, 0.717) is 12.8 Å². The van der Waals surface area contributed by atoms with Crippen LogP contribution >= 0.6 is 15.6 Å². The number of aliphatic hydroxyl groups is 7. The molecule has 0 spiro atoms. The van der Waals surface area contributed by atoms with Gasteiger partial charge in [-0.2, -0.15) is 0 Å². The summed E-state index contributed by atoms with van der Waals surface area (Å²) in [5.41, 5.74) is 0. The van der Waals surface area contributed by atoms with E-state index in [1.54, 1.807) is 36.5 Å². The van der Waals surface area contributed by atoms with Crippen LogP contribution in [0.4, 0.5) is 0 Å². The van der Waals surface area contributed by atoms with Gasteiger partial charge in [0.05, 0.1) is 24.9 Å². The number of ether oxygens (including phenoxy) is 2. The zero-order chi connectivity index (χ0) is 50.8. The van der Waals surface area contributed by atoms with E-state index in [1.165, 1.54) is 50.7 Å². The van der Waals surface area contributed by atoms with Gasteiger partial charge in [0, 0.05) is 12.8 Å². The van der Waals surface area contributed by atoms with Crippen LogP contribution in [0.3, 0.4) is 0 Å². The second kappa shape index (κ2) is 37.4. The zero-order valence-corrected chi connectivity index (χ0v) is 41.6. The van der Waals surface area contributed by atoms with Gasteiger partial charge in [-0.15, -0.1) is 0 Å². The monoisotopic (exact) mass is 1010 g/mol. The minimum atomic E-state index is -5.41. The molecule has 0 radical (unpaired) electrons. The van der Waals surface area contributed by atoms with E-state index >= 15 is 0 Å². The molecule has 0 heterocycles. The third-order valence-corrected chi connectivity index (χ3v) is 12.4. The third kappa shape index (κ3) is 31.0. The number of aliphatic hydroxyl groups excluding tert-OH is 7. The normalized spacial score (nSPS) is 23.2. The molecule has 0 saturated heterocycles. The molecule has 1 fully saturated rings.